The Hall–Kier alpha value is -1.13. The summed E-state index contributed by atoms with van der Waals surface area (Å²) in [5.41, 5.74) is 1.28. The van der Waals surface area contributed by atoms with Crippen molar-refractivity contribution in [1.82, 2.24) is 9.97 Å². The predicted molar refractivity (Wildman–Crippen MR) is 63.5 cm³/mol. The van der Waals surface area contributed by atoms with Crippen molar-refractivity contribution in [2.45, 2.75) is 6.54 Å². The van der Waals surface area contributed by atoms with E-state index in [2.05, 4.69) is 26.8 Å². The third-order valence-electron chi connectivity index (χ3n) is 2.01. The molecule has 2 aromatic heterocycles. The van der Waals surface area contributed by atoms with Crippen molar-refractivity contribution in [3.05, 3.63) is 39.9 Å². The number of aromatic nitrogens is 2. The first-order valence-electron chi connectivity index (χ1n) is 4.45. The highest BCUT2D eigenvalue weighted by Gasteiger charge is 2.04. The van der Waals surface area contributed by atoms with Crippen LogP contribution in [0.25, 0.3) is 0 Å². The predicted octanol–water partition coefficient (Wildman–Crippen LogP) is 2.83. The van der Waals surface area contributed by atoms with Gasteiger partial charge in [0.15, 0.2) is 0 Å². The normalized spacial score (nSPS) is 10.3. The highest BCUT2D eigenvalue weighted by molar-refractivity contribution is 7.07. The molecule has 0 aromatic carbocycles. The average molecular weight is 240 g/mol. The summed E-state index contributed by atoms with van der Waals surface area (Å²) < 4.78 is 0. The van der Waals surface area contributed by atoms with Gasteiger partial charge in [-0.05, 0) is 22.4 Å². The molecule has 0 saturated heterocycles. The Bertz CT molecular complexity index is 430. The fourth-order valence-electron chi connectivity index (χ4n) is 1.27. The van der Waals surface area contributed by atoms with Crippen LogP contribution in [0.4, 0.5) is 5.82 Å². The zero-order valence-electron chi connectivity index (χ0n) is 8.22. The maximum Gasteiger partial charge on any atom is 0.134 e. The molecular weight excluding hydrogens is 230 g/mol. The summed E-state index contributed by atoms with van der Waals surface area (Å²) in [5.74, 6) is 0.834. The number of hydrogen-bond donors (Lipinski definition) is 0. The second-order valence-electron chi connectivity index (χ2n) is 3.19. The molecule has 0 aliphatic heterocycles. The van der Waals surface area contributed by atoms with Gasteiger partial charge in [-0.1, -0.05) is 11.6 Å². The van der Waals surface area contributed by atoms with Crippen molar-refractivity contribution in [2.75, 3.05) is 11.9 Å². The van der Waals surface area contributed by atoms with Crippen molar-refractivity contribution >= 4 is 28.8 Å². The van der Waals surface area contributed by atoms with E-state index in [1.807, 2.05) is 11.9 Å². The molecule has 0 aliphatic carbocycles. The molecule has 5 heteroatoms. The molecule has 2 heterocycles. The van der Waals surface area contributed by atoms with Crippen molar-refractivity contribution in [2.24, 2.45) is 0 Å². The van der Waals surface area contributed by atoms with Gasteiger partial charge in [0.1, 0.15) is 17.3 Å². The molecule has 0 amide bonds. The number of hydrogen-bond acceptors (Lipinski definition) is 4. The van der Waals surface area contributed by atoms with Gasteiger partial charge in [0.05, 0.1) is 0 Å². The van der Waals surface area contributed by atoms with E-state index in [0.29, 0.717) is 5.15 Å². The lowest BCUT2D eigenvalue weighted by molar-refractivity contribution is 0.894. The molecule has 15 heavy (non-hydrogen) atoms. The SMILES string of the molecule is CN(Cc1ccsc1)c1cc(Cl)ncn1. The number of anilines is 1. The van der Waals surface area contributed by atoms with Crippen LogP contribution < -0.4 is 4.90 Å². The topological polar surface area (TPSA) is 29.0 Å². The summed E-state index contributed by atoms with van der Waals surface area (Å²) >= 11 is 7.49. The Labute approximate surface area is 97.4 Å². The molecule has 0 unspecified atom stereocenters. The minimum Gasteiger partial charge on any atom is -0.355 e. The van der Waals surface area contributed by atoms with E-state index in [1.54, 1.807) is 17.4 Å². The summed E-state index contributed by atoms with van der Waals surface area (Å²) in [6.07, 6.45) is 1.47. The molecule has 2 rings (SSSR count). The van der Waals surface area contributed by atoms with Crippen LogP contribution in [0.3, 0.4) is 0 Å². The molecular formula is C10H10ClN3S. The van der Waals surface area contributed by atoms with Crippen LogP contribution in [-0.4, -0.2) is 17.0 Å². The van der Waals surface area contributed by atoms with E-state index in [9.17, 15) is 0 Å². The fraction of sp³-hybridized carbons (Fsp3) is 0.200. The van der Waals surface area contributed by atoms with Crippen LogP contribution in [0.15, 0.2) is 29.2 Å². The van der Waals surface area contributed by atoms with E-state index in [1.165, 1.54) is 11.9 Å². The second kappa shape index (κ2) is 4.59. The van der Waals surface area contributed by atoms with Gasteiger partial charge in [0.2, 0.25) is 0 Å². The maximum absolute atomic E-state index is 5.80. The number of halogens is 1. The number of thiophene rings is 1. The van der Waals surface area contributed by atoms with Gasteiger partial charge in [0, 0.05) is 19.7 Å². The van der Waals surface area contributed by atoms with E-state index in [4.69, 9.17) is 11.6 Å². The molecule has 0 atom stereocenters. The lowest BCUT2D eigenvalue weighted by atomic mass is 10.3. The summed E-state index contributed by atoms with van der Waals surface area (Å²) in [4.78, 5) is 10.0. The third-order valence-corrected chi connectivity index (χ3v) is 2.95. The quantitative estimate of drug-likeness (QED) is 0.772. The number of nitrogens with zero attached hydrogens (tertiary/aromatic N) is 3. The third kappa shape index (κ3) is 2.67. The van der Waals surface area contributed by atoms with Crippen molar-refractivity contribution in [3.8, 4) is 0 Å². The van der Waals surface area contributed by atoms with Crippen LogP contribution in [0.1, 0.15) is 5.56 Å². The summed E-state index contributed by atoms with van der Waals surface area (Å²) in [6.45, 7) is 0.830. The van der Waals surface area contributed by atoms with Gasteiger partial charge in [0.25, 0.3) is 0 Å². The highest BCUT2D eigenvalue weighted by Crippen LogP contribution is 2.16. The minimum absolute atomic E-state index is 0.470. The van der Waals surface area contributed by atoms with Crippen LogP contribution in [0.2, 0.25) is 5.15 Å². The van der Waals surface area contributed by atoms with Crippen molar-refractivity contribution in [1.29, 1.82) is 0 Å². The Morgan fingerprint density at radius 1 is 1.47 bits per heavy atom. The molecule has 0 spiro atoms. The van der Waals surface area contributed by atoms with E-state index < -0.39 is 0 Å². The van der Waals surface area contributed by atoms with E-state index in [0.717, 1.165) is 12.4 Å². The monoisotopic (exact) mass is 239 g/mol. The Morgan fingerprint density at radius 3 is 3.00 bits per heavy atom. The summed E-state index contributed by atoms with van der Waals surface area (Å²) in [5, 5.41) is 4.66. The molecule has 0 saturated carbocycles. The Kier molecular flexibility index (Phi) is 3.18. The Morgan fingerprint density at radius 2 is 2.33 bits per heavy atom. The van der Waals surface area contributed by atoms with Crippen molar-refractivity contribution in [3.63, 3.8) is 0 Å². The van der Waals surface area contributed by atoms with E-state index >= 15 is 0 Å². The smallest absolute Gasteiger partial charge is 0.134 e. The highest BCUT2D eigenvalue weighted by atomic mass is 35.5. The Balaban J connectivity index is 2.11. The van der Waals surface area contributed by atoms with Gasteiger partial charge in [-0.15, -0.1) is 0 Å². The molecule has 0 bridgehead atoms. The van der Waals surface area contributed by atoms with Crippen LogP contribution in [-0.2, 0) is 6.54 Å². The molecule has 0 fully saturated rings. The molecule has 3 nitrogen and oxygen atoms in total. The zero-order valence-corrected chi connectivity index (χ0v) is 9.79. The van der Waals surface area contributed by atoms with Crippen molar-refractivity contribution < 1.29 is 0 Å². The first-order chi connectivity index (χ1) is 7.25. The molecule has 0 radical (unpaired) electrons. The van der Waals surface area contributed by atoms with Crippen LogP contribution in [0, 0.1) is 0 Å². The molecule has 0 N–H and O–H groups in total. The first kappa shape index (κ1) is 10.4. The molecule has 2 aromatic rings. The fourth-order valence-corrected chi connectivity index (χ4v) is 2.07. The largest absolute Gasteiger partial charge is 0.355 e. The number of rotatable bonds is 3. The van der Waals surface area contributed by atoms with E-state index in [-0.39, 0.29) is 0 Å². The standard InChI is InChI=1S/C10H10ClN3S/c1-14(5-8-2-3-15-6-8)10-4-9(11)12-7-13-10/h2-4,6-7H,5H2,1H3. The van der Waals surface area contributed by atoms with Gasteiger partial charge in [-0.2, -0.15) is 11.3 Å². The van der Waals surface area contributed by atoms with Crippen LogP contribution in [0.5, 0.6) is 0 Å². The molecule has 78 valence electrons. The second-order valence-corrected chi connectivity index (χ2v) is 4.35. The van der Waals surface area contributed by atoms with Gasteiger partial charge in [-0.3, -0.25) is 0 Å². The first-order valence-corrected chi connectivity index (χ1v) is 5.77. The minimum atomic E-state index is 0.470. The lowest BCUT2D eigenvalue weighted by Crippen LogP contribution is -2.17. The van der Waals surface area contributed by atoms with Crippen LogP contribution >= 0.6 is 22.9 Å². The van der Waals surface area contributed by atoms with Gasteiger partial charge >= 0.3 is 0 Å². The van der Waals surface area contributed by atoms with Gasteiger partial charge in [-0.25, -0.2) is 9.97 Å². The molecule has 0 aliphatic rings. The van der Waals surface area contributed by atoms with Gasteiger partial charge < -0.3 is 4.90 Å². The zero-order chi connectivity index (χ0) is 10.7. The summed E-state index contributed by atoms with van der Waals surface area (Å²) in [7, 11) is 1.98. The summed E-state index contributed by atoms with van der Waals surface area (Å²) in [6, 6.07) is 3.86. The lowest BCUT2D eigenvalue weighted by Gasteiger charge is -2.16. The maximum atomic E-state index is 5.80. The average Bonchev–Trinajstić information content (AvgIpc) is 2.70.